The van der Waals surface area contributed by atoms with Crippen LogP contribution in [0.1, 0.15) is 115 Å². The lowest BCUT2D eigenvalue weighted by Crippen LogP contribution is -2.37. The fraction of sp³-hybridized carbons (Fsp3) is 0.250. The van der Waals surface area contributed by atoms with Gasteiger partial charge in [-0.05, 0) is 191 Å². The predicted octanol–water partition coefficient (Wildman–Crippen LogP) is 12.2. The molecular weight excluding hydrogens is 1630 g/mol. The van der Waals surface area contributed by atoms with Crippen molar-refractivity contribution in [1.82, 2.24) is 55.5 Å². The highest BCUT2D eigenvalue weighted by Crippen LogP contribution is 2.30. The molecule has 4 heterocycles. The van der Waals surface area contributed by atoms with Crippen LogP contribution in [0.5, 0.6) is 0 Å². The van der Waals surface area contributed by atoms with Gasteiger partial charge in [0, 0.05) is 185 Å². The normalized spacial score (nSPS) is 11.8. The number of aromatic nitrogens is 4. The first kappa shape index (κ1) is 94.6. The summed E-state index contributed by atoms with van der Waals surface area (Å²) in [7, 11) is 15.0. The van der Waals surface area contributed by atoms with Crippen molar-refractivity contribution in [2.45, 2.75) is 58.0 Å². The third-order valence-corrected chi connectivity index (χ3v) is 19.9. The first-order valence-corrected chi connectivity index (χ1v) is 40.6. The fourth-order valence-corrected chi connectivity index (χ4v) is 13.6. The Labute approximate surface area is 737 Å². The summed E-state index contributed by atoms with van der Waals surface area (Å²) in [5.41, 5.74) is 34.0. The van der Waals surface area contributed by atoms with Crippen LogP contribution in [0.2, 0.25) is 20.1 Å². The van der Waals surface area contributed by atoms with Crippen molar-refractivity contribution in [1.29, 1.82) is 0 Å². The number of aliphatic hydroxyl groups excluding tert-OH is 4. The van der Waals surface area contributed by atoms with Crippen LogP contribution >= 0.6 is 46.4 Å². The minimum absolute atomic E-state index is 0.0511. The zero-order valence-electron chi connectivity index (χ0n) is 70.2. The van der Waals surface area contributed by atoms with Crippen molar-refractivity contribution >= 4 is 136 Å². The predicted molar refractivity (Wildman–Crippen MR) is 497 cm³/mol. The number of halogens is 4. The quantitative estimate of drug-likeness (QED) is 0.0235. The molecule has 23 nitrogen and oxygen atoms in total. The van der Waals surface area contributed by atoms with E-state index in [-0.39, 0.29) is 49.6 Å². The van der Waals surface area contributed by atoms with Gasteiger partial charge in [-0.1, -0.05) is 154 Å². The third kappa shape index (κ3) is 27.9. The number of rotatable bonds is 21. The number of nitrogen functional groups attached to an aromatic ring is 4. The van der Waals surface area contributed by atoms with E-state index in [1.54, 1.807) is 97.6 Å². The fourth-order valence-electron chi connectivity index (χ4n) is 12.9. The number of benzene rings is 8. The van der Waals surface area contributed by atoms with Gasteiger partial charge in [0.25, 0.3) is 17.7 Å². The van der Waals surface area contributed by atoms with E-state index in [9.17, 15) is 39.6 Å². The molecule has 0 saturated heterocycles. The van der Waals surface area contributed by atoms with Gasteiger partial charge in [0.05, 0.1) is 46.7 Å². The van der Waals surface area contributed by atoms with Crippen LogP contribution in [0.4, 0.5) is 23.3 Å². The molecule has 0 aliphatic heterocycles. The summed E-state index contributed by atoms with van der Waals surface area (Å²) in [5, 5.41) is 57.4. The molecule has 12 aromatic rings. The molecule has 12 rings (SSSR count). The van der Waals surface area contributed by atoms with Crippen molar-refractivity contribution in [3.8, 4) is 47.4 Å². The number of carbonyl (C=O) groups is 4. The Bertz CT molecular complexity index is 6140. The second kappa shape index (κ2) is 45.1. The standard InChI is InChI=1S/C25H27ClN4O2.C24H25ClN4O2.C24H24ClN3O2.C23H23ClN4O2/c1-15-9-16(2)22(25(32)29-13-20(31)14-30(3)4)10-17(15)6-8-21-23-11-19(26)7-5-18(23)12-28-24(21)27;1-15-4-5-17(24(31)28-13-20(30)14-29(2)3)10-16(15)7-9-21-22-11-19(25)8-6-18(22)12-27-23(21)26;1-28(2)15-19(29)10-12-23(30)20-6-4-3-5-16(20)8-11-21-22-13-18(25)9-7-17(22)14-27-24(21)26;1-28(2)14-19(29)13-27-23(30)16-5-3-4-15(10-16)6-9-20-21-11-18(24)8-7-17(21)12-26-22(20)25/h5,7,9-12,20,31H,13-14H2,1-4H3,(H2,27,28)(H,29,32);4-6,8,10-12,20,30H,13-14H2,1-3H3,(H2,26,27)(H,28,31);3-7,9,13-14,19,29H,10,12,15H2,1-2H3,(H2,26,27);3-5,7-8,10-12,19,29H,13-14H2,1-2H3,(H2,25,26)(H,27,30). The van der Waals surface area contributed by atoms with Gasteiger partial charge < -0.3 is 78.9 Å². The van der Waals surface area contributed by atoms with Crippen molar-refractivity contribution in [3.05, 3.63) is 280 Å². The smallest absolute Gasteiger partial charge is 0.251 e. The van der Waals surface area contributed by atoms with Gasteiger partial charge in [-0.25, -0.2) is 19.9 Å². The number of aryl methyl sites for hydroxylation is 3. The molecule has 15 N–H and O–H groups in total. The average Bonchev–Trinajstić information content (AvgIpc) is 0.808. The van der Waals surface area contributed by atoms with Crippen molar-refractivity contribution in [3.63, 3.8) is 0 Å². The summed E-state index contributed by atoms with van der Waals surface area (Å²) in [5.74, 6) is 25.2. The van der Waals surface area contributed by atoms with Gasteiger partial charge in [0.1, 0.15) is 23.3 Å². The van der Waals surface area contributed by atoms with Crippen LogP contribution in [0.3, 0.4) is 0 Å². The molecule has 3 amide bonds. The number of aliphatic hydroxyl groups is 4. The Hall–Kier alpha value is -12.2. The maximum absolute atomic E-state index is 12.7. The molecule has 0 aliphatic carbocycles. The number of ketones is 1. The van der Waals surface area contributed by atoms with Crippen LogP contribution in [0.25, 0.3) is 43.1 Å². The molecule has 0 aliphatic rings. The van der Waals surface area contributed by atoms with Gasteiger partial charge >= 0.3 is 0 Å². The number of carbonyl (C=O) groups excluding carboxylic acids is 4. The number of amides is 3. The topological polar surface area (TPSA) is 354 Å². The summed E-state index contributed by atoms with van der Waals surface area (Å²) in [4.78, 5) is 74.7. The van der Waals surface area contributed by atoms with Crippen LogP contribution in [0.15, 0.2) is 176 Å². The number of nitrogens with one attached hydrogen (secondary N) is 3. The maximum atomic E-state index is 12.7. The highest BCUT2D eigenvalue weighted by atomic mass is 35.5. The van der Waals surface area contributed by atoms with E-state index in [2.05, 4.69) is 83.2 Å². The number of hydrogen-bond donors (Lipinski definition) is 11. The maximum Gasteiger partial charge on any atom is 0.251 e. The van der Waals surface area contributed by atoms with E-state index in [0.717, 1.165) is 59.8 Å². The Morgan fingerprint density at radius 3 is 1.15 bits per heavy atom. The van der Waals surface area contributed by atoms with Crippen LogP contribution in [-0.4, -0.2) is 210 Å². The second-order valence-corrected chi connectivity index (χ2v) is 32.1. The third-order valence-electron chi connectivity index (χ3n) is 19.0. The molecule has 0 radical (unpaired) electrons. The lowest BCUT2D eigenvalue weighted by molar-refractivity contribution is 0.0887. The second-order valence-electron chi connectivity index (χ2n) is 30.4. The van der Waals surface area contributed by atoms with Crippen LogP contribution < -0.4 is 38.9 Å². The minimum atomic E-state index is -0.646. The molecular formula is C96H99Cl4N15O8. The molecule has 634 valence electrons. The molecule has 123 heavy (non-hydrogen) atoms. The minimum Gasteiger partial charge on any atom is -0.392 e. The van der Waals surface area contributed by atoms with Gasteiger partial charge in [0.2, 0.25) is 0 Å². The first-order valence-electron chi connectivity index (χ1n) is 39.1. The Balaban J connectivity index is 0.000000186. The van der Waals surface area contributed by atoms with Gasteiger partial charge in [-0.2, -0.15) is 0 Å². The van der Waals surface area contributed by atoms with E-state index in [1.807, 2.05) is 176 Å². The summed E-state index contributed by atoms with van der Waals surface area (Å²) >= 11 is 24.6. The van der Waals surface area contributed by atoms with E-state index in [1.165, 1.54) is 0 Å². The Kier molecular flexibility index (Phi) is 34.7. The summed E-state index contributed by atoms with van der Waals surface area (Å²) < 4.78 is 0. The number of hydrogen-bond acceptors (Lipinski definition) is 20. The SMILES string of the molecule is CN(C)CC(O)CCC(=O)c1ccccc1C#Cc1c(N)ncc2ccc(Cl)cc12.CN(C)CC(O)CNC(=O)c1cccc(C#Cc2c(N)ncc3ccc(Cl)cc23)c1.Cc1cc(C)c(C(=O)NCC(O)CN(C)C)cc1C#Cc1c(N)ncc2ccc(Cl)cc12.Cc1ccc(C(=O)NCC(O)CN(C)C)cc1C#Cc1c(N)ncc2ccc(Cl)cc12. The lowest BCUT2D eigenvalue weighted by atomic mass is 9.99. The van der Waals surface area contributed by atoms with E-state index in [0.29, 0.717) is 143 Å². The molecule has 4 unspecified atom stereocenters. The Morgan fingerprint density at radius 2 is 0.732 bits per heavy atom. The average molecular weight is 1730 g/mol. The van der Waals surface area contributed by atoms with Gasteiger partial charge in [-0.3, -0.25) is 19.2 Å². The van der Waals surface area contributed by atoms with Crippen molar-refractivity contribution in [2.75, 3.05) is 125 Å². The molecule has 0 saturated carbocycles. The van der Waals surface area contributed by atoms with Crippen molar-refractivity contribution in [2.24, 2.45) is 0 Å². The summed E-state index contributed by atoms with van der Waals surface area (Å²) in [6.07, 6.45) is 4.92. The van der Waals surface area contributed by atoms with Gasteiger partial charge in [-0.15, -0.1) is 0 Å². The lowest BCUT2D eigenvalue weighted by Gasteiger charge is -2.17. The number of pyridine rings is 4. The van der Waals surface area contributed by atoms with E-state index in [4.69, 9.17) is 69.3 Å². The van der Waals surface area contributed by atoms with Crippen molar-refractivity contribution < 1.29 is 39.6 Å². The Morgan fingerprint density at radius 1 is 0.366 bits per heavy atom. The number of nitrogens with zero attached hydrogens (tertiary/aromatic N) is 8. The summed E-state index contributed by atoms with van der Waals surface area (Å²) in [6, 6.07) is 45.1. The highest BCUT2D eigenvalue weighted by molar-refractivity contribution is 6.32. The van der Waals surface area contributed by atoms with E-state index < -0.39 is 24.4 Å². The number of likely N-dealkylation sites (N-methyl/N-ethyl adjacent to an activating group) is 4. The monoisotopic (exact) mass is 1730 g/mol. The number of Topliss-reactive ketones (excluding diaryl/α,β-unsaturated/α-hetero) is 1. The molecule has 4 aromatic heterocycles. The van der Waals surface area contributed by atoms with Crippen LogP contribution in [-0.2, 0) is 0 Å². The number of nitrogens with two attached hydrogens (primary N) is 4. The molecule has 4 atom stereocenters. The first-order chi connectivity index (χ1) is 58.6. The van der Waals surface area contributed by atoms with Gasteiger partial charge in [0.15, 0.2) is 5.78 Å². The van der Waals surface area contributed by atoms with Crippen LogP contribution in [0, 0.1) is 68.1 Å². The molecule has 0 spiro atoms. The highest BCUT2D eigenvalue weighted by Gasteiger charge is 2.20. The largest absolute Gasteiger partial charge is 0.392 e. The number of fused-ring (bicyclic) bond motifs is 4. The van der Waals surface area contributed by atoms with E-state index >= 15 is 0 Å². The molecule has 0 bridgehead atoms. The molecule has 27 heteroatoms. The molecule has 0 fully saturated rings. The zero-order valence-corrected chi connectivity index (χ0v) is 73.3. The zero-order chi connectivity index (χ0) is 89.3. The number of anilines is 4. The summed E-state index contributed by atoms with van der Waals surface area (Å²) in [6.45, 7) is 8.19. The molecule has 8 aromatic carbocycles.